The third-order valence-electron chi connectivity index (χ3n) is 1.81. The monoisotopic (exact) mass is 217 g/mol. The van der Waals surface area contributed by atoms with E-state index in [-0.39, 0.29) is 24.8 Å². The van der Waals surface area contributed by atoms with Crippen molar-refractivity contribution in [1.82, 2.24) is 10.2 Å². The van der Waals surface area contributed by atoms with E-state index in [1.54, 1.807) is 11.9 Å². The molecule has 0 aliphatic carbocycles. The number of likely N-dealkylation sites (N-methyl/N-ethyl adjacent to an activating group) is 1. The molecule has 0 aromatic carbocycles. The van der Waals surface area contributed by atoms with E-state index in [9.17, 15) is 9.59 Å². The van der Waals surface area contributed by atoms with Crippen LogP contribution in [0.3, 0.4) is 0 Å². The normalized spacial score (nSPS) is 10.1. The smallest absolute Gasteiger partial charge is 0.306 e. The molecule has 0 unspecified atom stereocenters. The van der Waals surface area contributed by atoms with Gasteiger partial charge in [-0.05, 0) is 7.05 Å². The lowest BCUT2D eigenvalue weighted by Crippen LogP contribution is -2.38. The van der Waals surface area contributed by atoms with Crippen molar-refractivity contribution in [1.29, 1.82) is 0 Å². The average molecular weight is 217 g/mol. The molecular weight excluding hydrogens is 198 g/mol. The molecule has 0 aliphatic heterocycles. The molecule has 0 fully saturated rings. The zero-order chi connectivity index (χ0) is 11.7. The van der Waals surface area contributed by atoms with Gasteiger partial charge in [0.1, 0.15) is 0 Å². The van der Waals surface area contributed by atoms with Crippen molar-refractivity contribution < 1.29 is 14.3 Å². The molecule has 0 saturated carbocycles. The second-order valence-electron chi connectivity index (χ2n) is 3.20. The van der Waals surface area contributed by atoms with Crippen molar-refractivity contribution in [3.05, 3.63) is 0 Å². The Morgan fingerprint density at radius 3 is 2.67 bits per heavy atom. The predicted molar refractivity (Wildman–Crippen MR) is 56.2 cm³/mol. The highest BCUT2D eigenvalue weighted by Crippen LogP contribution is 1.89. The number of nitrogens with zero attached hydrogens (tertiary/aromatic N) is 1. The van der Waals surface area contributed by atoms with Gasteiger partial charge in [0.15, 0.2) is 0 Å². The van der Waals surface area contributed by atoms with E-state index in [1.165, 1.54) is 7.11 Å². The Balaban J connectivity index is 3.59. The number of carbonyl (C=O) groups excluding carboxylic acids is 2. The van der Waals surface area contributed by atoms with Crippen molar-refractivity contribution in [3.63, 3.8) is 0 Å². The zero-order valence-electron chi connectivity index (χ0n) is 9.28. The van der Waals surface area contributed by atoms with Crippen LogP contribution in [0.1, 0.15) is 6.42 Å². The Hall–Kier alpha value is -1.14. The Morgan fingerprint density at radius 1 is 1.47 bits per heavy atom. The average Bonchev–Trinajstić information content (AvgIpc) is 2.22. The molecule has 0 rings (SSSR count). The third-order valence-corrected chi connectivity index (χ3v) is 1.81. The van der Waals surface area contributed by atoms with Crippen LogP contribution >= 0.6 is 0 Å². The van der Waals surface area contributed by atoms with Gasteiger partial charge in [0, 0.05) is 19.6 Å². The van der Waals surface area contributed by atoms with Crippen molar-refractivity contribution in [2.45, 2.75) is 6.42 Å². The number of rotatable bonds is 7. The molecular formula is C9H19N3O3. The number of nitrogens with two attached hydrogens (primary N) is 1. The lowest BCUT2D eigenvalue weighted by atomic mass is 10.4. The maximum atomic E-state index is 11.2. The number of hydrogen-bond acceptors (Lipinski definition) is 5. The number of amides is 1. The van der Waals surface area contributed by atoms with Crippen LogP contribution in [-0.4, -0.2) is 57.1 Å². The first-order valence-corrected chi connectivity index (χ1v) is 4.82. The molecule has 0 bridgehead atoms. The Kier molecular flexibility index (Phi) is 7.57. The number of carbonyl (C=O) groups is 2. The number of ether oxygens (including phenoxy) is 1. The van der Waals surface area contributed by atoms with Gasteiger partial charge in [-0.3, -0.25) is 14.5 Å². The largest absolute Gasteiger partial charge is 0.469 e. The summed E-state index contributed by atoms with van der Waals surface area (Å²) >= 11 is 0. The lowest BCUT2D eigenvalue weighted by molar-refractivity contribution is -0.141. The summed E-state index contributed by atoms with van der Waals surface area (Å²) in [5, 5.41) is 2.64. The first-order valence-electron chi connectivity index (χ1n) is 4.82. The molecule has 0 saturated heterocycles. The predicted octanol–water partition coefficient (Wildman–Crippen LogP) is -1.44. The fourth-order valence-corrected chi connectivity index (χ4v) is 0.976. The fraction of sp³-hybridized carbons (Fsp3) is 0.778. The maximum absolute atomic E-state index is 11.2. The van der Waals surface area contributed by atoms with Gasteiger partial charge in [0.2, 0.25) is 5.91 Å². The van der Waals surface area contributed by atoms with Gasteiger partial charge in [0.05, 0.1) is 20.1 Å². The van der Waals surface area contributed by atoms with Crippen LogP contribution in [0.2, 0.25) is 0 Å². The number of methoxy groups -OCH3 is 1. The van der Waals surface area contributed by atoms with E-state index < -0.39 is 0 Å². The van der Waals surface area contributed by atoms with Crippen molar-refractivity contribution >= 4 is 11.9 Å². The molecule has 0 heterocycles. The summed E-state index contributed by atoms with van der Waals surface area (Å²) in [5.74, 6) is -0.364. The van der Waals surface area contributed by atoms with E-state index in [2.05, 4.69) is 10.1 Å². The van der Waals surface area contributed by atoms with E-state index >= 15 is 0 Å². The molecule has 88 valence electrons. The summed E-state index contributed by atoms with van der Waals surface area (Å²) in [7, 11) is 3.11. The van der Waals surface area contributed by atoms with E-state index in [0.717, 1.165) is 0 Å². The van der Waals surface area contributed by atoms with Crippen LogP contribution in [0.15, 0.2) is 0 Å². The second kappa shape index (κ2) is 8.19. The zero-order valence-corrected chi connectivity index (χ0v) is 9.28. The summed E-state index contributed by atoms with van der Waals surface area (Å²) in [4.78, 5) is 23.8. The highest BCUT2D eigenvalue weighted by atomic mass is 16.5. The number of nitrogens with one attached hydrogen (secondary N) is 1. The molecule has 3 N–H and O–H groups in total. The van der Waals surface area contributed by atoms with Gasteiger partial charge in [0.25, 0.3) is 0 Å². The minimum absolute atomic E-state index is 0.0900. The molecule has 0 aliphatic rings. The molecule has 0 atom stereocenters. The highest BCUT2D eigenvalue weighted by molar-refractivity contribution is 5.78. The summed E-state index contributed by atoms with van der Waals surface area (Å²) in [6.45, 7) is 1.67. The molecule has 0 spiro atoms. The second-order valence-corrected chi connectivity index (χ2v) is 3.20. The van der Waals surface area contributed by atoms with Gasteiger partial charge >= 0.3 is 5.97 Å². The summed E-state index contributed by atoms with van der Waals surface area (Å²) in [6, 6.07) is 0. The third kappa shape index (κ3) is 7.90. The lowest BCUT2D eigenvalue weighted by Gasteiger charge is -2.15. The Bertz CT molecular complexity index is 209. The maximum Gasteiger partial charge on any atom is 0.306 e. The summed E-state index contributed by atoms with van der Waals surface area (Å²) in [5.41, 5.74) is 5.23. The van der Waals surface area contributed by atoms with E-state index in [1.807, 2.05) is 0 Å². The Labute approximate surface area is 89.7 Å². The van der Waals surface area contributed by atoms with Crippen molar-refractivity contribution in [2.75, 3.05) is 40.3 Å². The standard InChI is InChI=1S/C9H19N3O3/c1-12(6-3-9(14)15-2)7-8(13)11-5-4-10/h3-7,10H2,1-2H3,(H,11,13). The Morgan fingerprint density at radius 2 is 2.13 bits per heavy atom. The van der Waals surface area contributed by atoms with E-state index in [4.69, 9.17) is 5.73 Å². The van der Waals surface area contributed by atoms with Gasteiger partial charge in [-0.2, -0.15) is 0 Å². The molecule has 0 aromatic heterocycles. The van der Waals surface area contributed by atoms with Crippen LogP contribution < -0.4 is 11.1 Å². The SMILES string of the molecule is COC(=O)CCN(C)CC(=O)NCCN. The quantitative estimate of drug-likeness (QED) is 0.510. The number of hydrogen-bond donors (Lipinski definition) is 2. The topological polar surface area (TPSA) is 84.7 Å². The summed E-state index contributed by atoms with van der Waals surface area (Å²) in [6.07, 6.45) is 0.289. The van der Waals surface area contributed by atoms with Crippen LogP contribution in [0, 0.1) is 0 Å². The molecule has 0 aromatic rings. The summed E-state index contributed by atoms with van der Waals surface area (Å²) < 4.78 is 4.49. The fourth-order valence-electron chi connectivity index (χ4n) is 0.976. The van der Waals surface area contributed by atoms with Gasteiger partial charge in [-0.25, -0.2) is 0 Å². The minimum atomic E-state index is -0.274. The van der Waals surface area contributed by atoms with Gasteiger partial charge < -0.3 is 15.8 Å². The van der Waals surface area contributed by atoms with Crippen LogP contribution in [0.5, 0.6) is 0 Å². The molecule has 0 radical (unpaired) electrons. The molecule has 6 nitrogen and oxygen atoms in total. The molecule has 15 heavy (non-hydrogen) atoms. The molecule has 1 amide bonds. The van der Waals surface area contributed by atoms with Gasteiger partial charge in [-0.1, -0.05) is 0 Å². The minimum Gasteiger partial charge on any atom is -0.469 e. The first-order chi connectivity index (χ1) is 7.10. The van der Waals surface area contributed by atoms with Crippen LogP contribution in [-0.2, 0) is 14.3 Å². The molecule has 6 heteroatoms. The van der Waals surface area contributed by atoms with Crippen molar-refractivity contribution in [2.24, 2.45) is 5.73 Å². The first kappa shape index (κ1) is 13.9. The van der Waals surface area contributed by atoms with Crippen LogP contribution in [0.4, 0.5) is 0 Å². The van der Waals surface area contributed by atoms with Gasteiger partial charge in [-0.15, -0.1) is 0 Å². The number of esters is 1. The van der Waals surface area contributed by atoms with Crippen molar-refractivity contribution in [3.8, 4) is 0 Å². The van der Waals surface area contributed by atoms with Crippen LogP contribution in [0.25, 0.3) is 0 Å². The highest BCUT2D eigenvalue weighted by Gasteiger charge is 2.07. The van der Waals surface area contributed by atoms with E-state index in [0.29, 0.717) is 19.6 Å².